The highest BCUT2D eigenvalue weighted by atomic mass is 32.2. The molecule has 1 amide bonds. The molecule has 1 N–H and O–H groups in total. The summed E-state index contributed by atoms with van der Waals surface area (Å²) in [5, 5.41) is 15.8. The van der Waals surface area contributed by atoms with Crippen LogP contribution in [0.5, 0.6) is 0 Å². The number of tetrazole rings is 1. The van der Waals surface area contributed by atoms with Gasteiger partial charge in [0.1, 0.15) is 0 Å². The zero-order chi connectivity index (χ0) is 18.4. The lowest BCUT2D eigenvalue weighted by molar-refractivity contribution is -0.119. The fourth-order valence-corrected chi connectivity index (χ4v) is 4.16. The first-order valence-corrected chi connectivity index (χ1v) is 10.4. The smallest absolute Gasteiger partial charge is 0.230 e. The van der Waals surface area contributed by atoms with Gasteiger partial charge in [0.25, 0.3) is 0 Å². The van der Waals surface area contributed by atoms with Gasteiger partial charge in [-0.3, -0.25) is 4.79 Å². The van der Waals surface area contributed by atoms with E-state index < -0.39 is 0 Å². The summed E-state index contributed by atoms with van der Waals surface area (Å²) >= 11 is 1.38. The first kappa shape index (κ1) is 18.9. The molecule has 0 spiro atoms. The quantitative estimate of drug-likeness (QED) is 0.811. The predicted octanol–water partition coefficient (Wildman–Crippen LogP) is 3.60. The van der Waals surface area contributed by atoms with Gasteiger partial charge in [0.05, 0.1) is 11.4 Å². The molecule has 3 rings (SSSR count). The van der Waals surface area contributed by atoms with Crippen LogP contribution in [0, 0.1) is 13.8 Å². The van der Waals surface area contributed by atoms with Crippen LogP contribution < -0.4 is 5.32 Å². The molecule has 1 aliphatic rings. The van der Waals surface area contributed by atoms with Gasteiger partial charge in [0, 0.05) is 6.04 Å². The van der Waals surface area contributed by atoms with Crippen LogP contribution in [0.15, 0.2) is 23.4 Å². The summed E-state index contributed by atoms with van der Waals surface area (Å²) in [7, 11) is 0. The van der Waals surface area contributed by atoms with Crippen LogP contribution in [0.3, 0.4) is 0 Å². The molecule has 1 aromatic heterocycles. The highest BCUT2D eigenvalue weighted by Gasteiger charge is 2.16. The average Bonchev–Trinajstić information content (AvgIpc) is 3.03. The summed E-state index contributed by atoms with van der Waals surface area (Å²) in [6.45, 7) is 4.10. The SMILES string of the molecule is Cc1ccc(-n2nnnc2SCC(=O)NC2CCCCCCC2)c(C)c1. The van der Waals surface area contributed by atoms with Crippen molar-refractivity contribution in [1.29, 1.82) is 0 Å². The number of nitrogens with one attached hydrogen (secondary N) is 1. The van der Waals surface area contributed by atoms with Gasteiger partial charge in [-0.2, -0.15) is 4.68 Å². The van der Waals surface area contributed by atoms with Crippen molar-refractivity contribution in [2.45, 2.75) is 70.0 Å². The van der Waals surface area contributed by atoms with Crippen LogP contribution in [0.1, 0.15) is 56.1 Å². The van der Waals surface area contributed by atoms with Gasteiger partial charge in [-0.1, -0.05) is 61.6 Å². The molecule has 0 unspecified atom stereocenters. The third-order valence-electron chi connectivity index (χ3n) is 4.82. The Hall–Kier alpha value is -1.89. The molecule has 26 heavy (non-hydrogen) atoms. The molecule has 0 bridgehead atoms. The van der Waals surface area contributed by atoms with Gasteiger partial charge in [-0.25, -0.2) is 0 Å². The fraction of sp³-hybridized carbons (Fsp3) is 0.579. The van der Waals surface area contributed by atoms with E-state index in [0.717, 1.165) is 24.1 Å². The van der Waals surface area contributed by atoms with Gasteiger partial charge in [-0.05, 0) is 48.7 Å². The largest absolute Gasteiger partial charge is 0.353 e. The van der Waals surface area contributed by atoms with E-state index in [0.29, 0.717) is 17.0 Å². The van der Waals surface area contributed by atoms with Gasteiger partial charge in [0.15, 0.2) is 0 Å². The minimum atomic E-state index is 0.0655. The maximum atomic E-state index is 12.4. The Morgan fingerprint density at radius 3 is 2.65 bits per heavy atom. The first-order valence-electron chi connectivity index (χ1n) is 9.41. The number of hydrogen-bond acceptors (Lipinski definition) is 5. The van der Waals surface area contributed by atoms with E-state index >= 15 is 0 Å². The monoisotopic (exact) mass is 373 g/mol. The predicted molar refractivity (Wildman–Crippen MR) is 104 cm³/mol. The fourth-order valence-electron chi connectivity index (χ4n) is 3.46. The zero-order valence-electron chi connectivity index (χ0n) is 15.6. The van der Waals surface area contributed by atoms with Crippen LogP contribution in [-0.2, 0) is 4.79 Å². The maximum absolute atomic E-state index is 12.4. The van der Waals surface area contributed by atoms with E-state index in [4.69, 9.17) is 0 Å². The Labute approximate surface area is 159 Å². The molecular weight excluding hydrogens is 346 g/mol. The molecule has 1 saturated carbocycles. The normalized spacial score (nSPS) is 16.1. The van der Waals surface area contributed by atoms with Crippen molar-refractivity contribution >= 4 is 17.7 Å². The van der Waals surface area contributed by atoms with Gasteiger partial charge < -0.3 is 5.32 Å². The standard InChI is InChI=1S/C19H27N5OS/c1-14-10-11-17(15(2)12-14)24-19(21-22-23-24)26-13-18(25)20-16-8-6-4-3-5-7-9-16/h10-12,16H,3-9,13H2,1-2H3,(H,20,25). The summed E-state index contributed by atoms with van der Waals surface area (Å²) < 4.78 is 1.71. The minimum absolute atomic E-state index is 0.0655. The molecule has 0 atom stereocenters. The van der Waals surface area contributed by atoms with Crippen LogP contribution in [0.4, 0.5) is 0 Å². The van der Waals surface area contributed by atoms with E-state index in [1.807, 2.05) is 19.1 Å². The topological polar surface area (TPSA) is 72.7 Å². The number of hydrogen-bond donors (Lipinski definition) is 1. The lowest BCUT2D eigenvalue weighted by Crippen LogP contribution is -2.36. The van der Waals surface area contributed by atoms with Crippen molar-refractivity contribution < 1.29 is 4.79 Å². The number of aryl methyl sites for hydroxylation is 2. The van der Waals surface area contributed by atoms with Crippen molar-refractivity contribution in [3.8, 4) is 5.69 Å². The number of thioether (sulfide) groups is 1. The zero-order valence-corrected chi connectivity index (χ0v) is 16.4. The van der Waals surface area contributed by atoms with Crippen LogP contribution in [0.2, 0.25) is 0 Å². The number of nitrogens with zero attached hydrogens (tertiary/aromatic N) is 4. The van der Waals surface area contributed by atoms with E-state index in [9.17, 15) is 4.79 Å². The molecular formula is C19H27N5OS. The Bertz CT molecular complexity index is 737. The summed E-state index contributed by atoms with van der Waals surface area (Å²) in [5.41, 5.74) is 3.26. The van der Waals surface area contributed by atoms with E-state index in [-0.39, 0.29) is 5.91 Å². The van der Waals surface area contributed by atoms with E-state index in [1.54, 1.807) is 4.68 Å². The van der Waals surface area contributed by atoms with Crippen molar-refractivity contribution in [3.63, 3.8) is 0 Å². The second kappa shape index (κ2) is 9.16. The summed E-state index contributed by atoms with van der Waals surface area (Å²) in [6, 6.07) is 6.48. The molecule has 1 fully saturated rings. The molecule has 1 heterocycles. The van der Waals surface area contributed by atoms with E-state index in [1.165, 1.54) is 49.4 Å². The summed E-state index contributed by atoms with van der Waals surface area (Å²) in [6.07, 6.45) is 8.51. The molecule has 7 heteroatoms. The van der Waals surface area contributed by atoms with Crippen LogP contribution >= 0.6 is 11.8 Å². The highest BCUT2D eigenvalue weighted by molar-refractivity contribution is 7.99. The maximum Gasteiger partial charge on any atom is 0.230 e. The minimum Gasteiger partial charge on any atom is -0.353 e. The van der Waals surface area contributed by atoms with Crippen molar-refractivity contribution in [1.82, 2.24) is 25.5 Å². The average molecular weight is 374 g/mol. The lowest BCUT2D eigenvalue weighted by atomic mass is 9.97. The summed E-state index contributed by atoms with van der Waals surface area (Å²) in [4.78, 5) is 12.4. The van der Waals surface area contributed by atoms with E-state index in [2.05, 4.69) is 33.8 Å². The van der Waals surface area contributed by atoms with Crippen LogP contribution in [0.25, 0.3) is 5.69 Å². The number of amides is 1. The lowest BCUT2D eigenvalue weighted by Gasteiger charge is -2.20. The molecule has 0 aliphatic heterocycles. The van der Waals surface area contributed by atoms with Crippen molar-refractivity contribution in [2.24, 2.45) is 0 Å². The number of aromatic nitrogens is 4. The first-order chi connectivity index (χ1) is 12.6. The summed E-state index contributed by atoms with van der Waals surface area (Å²) in [5.74, 6) is 0.401. The van der Waals surface area contributed by atoms with Crippen molar-refractivity contribution in [3.05, 3.63) is 29.3 Å². The Balaban J connectivity index is 1.58. The molecule has 140 valence electrons. The third-order valence-corrected chi connectivity index (χ3v) is 5.74. The van der Waals surface area contributed by atoms with Gasteiger partial charge in [0.2, 0.25) is 11.1 Å². The second-order valence-corrected chi connectivity index (χ2v) is 8.00. The highest BCUT2D eigenvalue weighted by Crippen LogP contribution is 2.22. The molecule has 1 aromatic carbocycles. The molecule has 0 saturated heterocycles. The van der Waals surface area contributed by atoms with Gasteiger partial charge >= 0.3 is 0 Å². The van der Waals surface area contributed by atoms with Crippen molar-refractivity contribution in [2.75, 3.05) is 5.75 Å². The molecule has 1 aliphatic carbocycles. The number of benzene rings is 1. The number of rotatable bonds is 5. The third kappa shape index (κ3) is 5.06. The van der Waals surface area contributed by atoms with Crippen LogP contribution in [-0.4, -0.2) is 37.9 Å². The second-order valence-electron chi connectivity index (χ2n) is 7.06. The molecule has 2 aromatic rings. The molecule has 0 radical (unpaired) electrons. The number of carbonyl (C=O) groups is 1. The number of carbonyl (C=O) groups excluding carboxylic acids is 1. The Morgan fingerprint density at radius 2 is 1.92 bits per heavy atom. The molecule has 6 nitrogen and oxygen atoms in total. The van der Waals surface area contributed by atoms with Gasteiger partial charge in [-0.15, -0.1) is 5.10 Å². The Morgan fingerprint density at radius 1 is 1.19 bits per heavy atom. The Kier molecular flexibility index (Phi) is 6.66.